The molecule has 134 valence electrons. The number of hydrogen-bond acceptors (Lipinski definition) is 5. The minimum Gasteiger partial charge on any atom is -0.356 e. The van der Waals surface area contributed by atoms with Crippen molar-refractivity contribution in [3.63, 3.8) is 0 Å². The van der Waals surface area contributed by atoms with Crippen LogP contribution in [0, 0.1) is 0 Å². The number of nitrogens with zero attached hydrogens (tertiary/aromatic N) is 3. The zero-order valence-corrected chi connectivity index (χ0v) is 14.8. The van der Waals surface area contributed by atoms with Gasteiger partial charge in [0.05, 0.1) is 0 Å². The summed E-state index contributed by atoms with van der Waals surface area (Å²) in [7, 11) is -1.88. The zero-order chi connectivity index (χ0) is 18.0. The predicted octanol–water partition coefficient (Wildman–Crippen LogP) is 0.163. The molecule has 0 aliphatic carbocycles. The van der Waals surface area contributed by atoms with E-state index in [2.05, 4.69) is 30.3 Å². The van der Waals surface area contributed by atoms with Gasteiger partial charge in [0.1, 0.15) is 4.90 Å². The average Bonchev–Trinajstić information content (AvgIpc) is 2.65. The Morgan fingerprint density at radius 2 is 1.92 bits per heavy atom. The Morgan fingerprint density at radius 3 is 2.60 bits per heavy atom. The molecule has 0 fully saturated rings. The molecule has 9 heteroatoms. The molecule has 2 heterocycles. The molecular weight excluding hydrogens is 340 g/mol. The fourth-order valence-electron chi connectivity index (χ4n) is 2.03. The van der Waals surface area contributed by atoms with Crippen molar-refractivity contribution < 1.29 is 8.42 Å². The lowest BCUT2D eigenvalue weighted by molar-refractivity contribution is 0.580. The van der Waals surface area contributed by atoms with E-state index in [4.69, 9.17) is 0 Å². The molecule has 0 radical (unpaired) electrons. The second-order valence-corrected chi connectivity index (χ2v) is 6.85. The lowest BCUT2D eigenvalue weighted by Crippen LogP contribution is -2.42. The van der Waals surface area contributed by atoms with E-state index in [1.54, 1.807) is 19.3 Å². The van der Waals surface area contributed by atoms with Gasteiger partial charge in [-0.3, -0.25) is 15.0 Å². The van der Waals surface area contributed by atoms with Crippen LogP contribution in [0.5, 0.6) is 0 Å². The summed E-state index contributed by atoms with van der Waals surface area (Å²) in [6.07, 6.45) is 5.38. The van der Waals surface area contributed by atoms with Crippen molar-refractivity contribution in [2.45, 2.75) is 11.3 Å². The van der Waals surface area contributed by atoms with Crippen molar-refractivity contribution in [1.29, 1.82) is 0 Å². The highest BCUT2D eigenvalue weighted by Crippen LogP contribution is 2.04. The smallest absolute Gasteiger partial charge is 0.242 e. The molecule has 0 aliphatic heterocycles. The van der Waals surface area contributed by atoms with Crippen LogP contribution in [0.1, 0.15) is 5.69 Å². The van der Waals surface area contributed by atoms with Crippen molar-refractivity contribution in [1.82, 2.24) is 25.3 Å². The monoisotopic (exact) mass is 362 g/mol. The maximum Gasteiger partial charge on any atom is 0.242 e. The molecule has 0 saturated carbocycles. The number of pyridine rings is 2. The molecule has 0 atom stereocenters. The van der Waals surface area contributed by atoms with Gasteiger partial charge in [-0.1, -0.05) is 6.07 Å². The van der Waals surface area contributed by atoms with Gasteiger partial charge in [0, 0.05) is 57.4 Å². The lowest BCUT2D eigenvalue weighted by Gasteiger charge is -2.12. The summed E-state index contributed by atoms with van der Waals surface area (Å²) in [5.41, 5.74) is 0.995. The molecule has 0 unspecified atom stereocenters. The summed E-state index contributed by atoms with van der Waals surface area (Å²) in [5.74, 6) is 0.608. The molecule has 2 aromatic heterocycles. The second-order valence-electron chi connectivity index (χ2n) is 5.08. The van der Waals surface area contributed by atoms with E-state index in [1.807, 2.05) is 18.2 Å². The number of guanidine groups is 1. The third kappa shape index (κ3) is 6.48. The van der Waals surface area contributed by atoms with E-state index in [0.717, 1.165) is 12.1 Å². The number of aromatic nitrogens is 2. The van der Waals surface area contributed by atoms with Crippen LogP contribution < -0.4 is 15.4 Å². The number of rotatable bonds is 8. The molecule has 0 aromatic carbocycles. The van der Waals surface area contributed by atoms with Crippen molar-refractivity contribution in [3.8, 4) is 0 Å². The third-order valence-corrected chi connectivity index (χ3v) is 4.72. The molecule has 0 amide bonds. The van der Waals surface area contributed by atoms with Crippen LogP contribution in [0.2, 0.25) is 0 Å². The van der Waals surface area contributed by atoms with Gasteiger partial charge in [-0.2, -0.15) is 0 Å². The topological polar surface area (TPSA) is 108 Å². The van der Waals surface area contributed by atoms with Gasteiger partial charge < -0.3 is 10.6 Å². The van der Waals surface area contributed by atoms with Gasteiger partial charge in [0.25, 0.3) is 0 Å². The highest BCUT2D eigenvalue weighted by atomic mass is 32.2. The van der Waals surface area contributed by atoms with Crippen LogP contribution in [-0.4, -0.2) is 51.0 Å². The first-order valence-electron chi connectivity index (χ1n) is 7.86. The van der Waals surface area contributed by atoms with E-state index in [1.165, 1.54) is 18.5 Å². The van der Waals surface area contributed by atoms with Gasteiger partial charge in [-0.15, -0.1) is 0 Å². The Kier molecular flexibility index (Phi) is 7.30. The summed E-state index contributed by atoms with van der Waals surface area (Å²) >= 11 is 0. The summed E-state index contributed by atoms with van der Waals surface area (Å²) < 4.78 is 26.6. The Labute approximate surface area is 147 Å². The van der Waals surface area contributed by atoms with E-state index in [0.29, 0.717) is 19.0 Å². The molecule has 8 nitrogen and oxygen atoms in total. The molecule has 0 aliphatic rings. The maximum atomic E-state index is 12.0. The second kappa shape index (κ2) is 9.70. The largest absolute Gasteiger partial charge is 0.356 e. The molecule has 0 saturated heterocycles. The first-order valence-corrected chi connectivity index (χ1v) is 9.34. The van der Waals surface area contributed by atoms with Crippen molar-refractivity contribution in [2.24, 2.45) is 4.99 Å². The van der Waals surface area contributed by atoms with E-state index < -0.39 is 10.0 Å². The van der Waals surface area contributed by atoms with Crippen LogP contribution in [0.3, 0.4) is 0 Å². The molecule has 0 bridgehead atoms. The van der Waals surface area contributed by atoms with Crippen LogP contribution >= 0.6 is 0 Å². The van der Waals surface area contributed by atoms with E-state index in [9.17, 15) is 8.42 Å². The quantitative estimate of drug-likeness (QED) is 0.351. The first-order chi connectivity index (χ1) is 12.1. The van der Waals surface area contributed by atoms with Gasteiger partial charge in [0.2, 0.25) is 10.0 Å². The SMILES string of the molecule is CN=C(NCCNS(=O)(=O)c1cccnc1)NCCc1ccccn1. The fourth-order valence-corrected chi connectivity index (χ4v) is 3.03. The Balaban J connectivity index is 1.69. The standard InChI is InChI=1S/C16H22N6O2S/c1-17-16(20-10-7-14-5-2-3-9-19-14)21-11-12-22-25(23,24)15-6-4-8-18-13-15/h2-6,8-9,13,22H,7,10-12H2,1H3,(H2,17,20,21). The molecule has 3 N–H and O–H groups in total. The molecule has 2 rings (SSSR count). The normalized spacial score (nSPS) is 12.0. The molecule has 2 aromatic rings. The lowest BCUT2D eigenvalue weighted by atomic mass is 10.3. The number of aliphatic imine (C=N–C) groups is 1. The van der Waals surface area contributed by atoms with Crippen molar-refractivity contribution in [2.75, 3.05) is 26.7 Å². The van der Waals surface area contributed by atoms with Crippen LogP contribution in [0.15, 0.2) is 58.8 Å². The first kappa shape index (κ1) is 18.8. The van der Waals surface area contributed by atoms with E-state index >= 15 is 0 Å². The number of hydrogen-bond donors (Lipinski definition) is 3. The maximum absolute atomic E-state index is 12.0. The number of nitrogens with one attached hydrogen (secondary N) is 3. The minimum atomic E-state index is -3.54. The van der Waals surface area contributed by atoms with Crippen molar-refractivity contribution in [3.05, 3.63) is 54.6 Å². The summed E-state index contributed by atoms with van der Waals surface area (Å²) in [6.45, 7) is 1.32. The zero-order valence-electron chi connectivity index (χ0n) is 14.0. The summed E-state index contributed by atoms with van der Waals surface area (Å²) in [4.78, 5) is 12.3. The van der Waals surface area contributed by atoms with Crippen LogP contribution in [-0.2, 0) is 16.4 Å². The van der Waals surface area contributed by atoms with Crippen LogP contribution in [0.4, 0.5) is 0 Å². The van der Waals surface area contributed by atoms with Gasteiger partial charge in [0.15, 0.2) is 5.96 Å². The summed E-state index contributed by atoms with van der Waals surface area (Å²) in [5, 5.41) is 6.21. The van der Waals surface area contributed by atoms with Gasteiger partial charge in [-0.05, 0) is 24.3 Å². The number of sulfonamides is 1. The highest BCUT2D eigenvalue weighted by Gasteiger charge is 2.12. The fraction of sp³-hybridized carbons (Fsp3) is 0.312. The predicted molar refractivity (Wildman–Crippen MR) is 96.7 cm³/mol. The Hall–Kier alpha value is -2.52. The average molecular weight is 362 g/mol. The minimum absolute atomic E-state index is 0.146. The van der Waals surface area contributed by atoms with Crippen LogP contribution in [0.25, 0.3) is 0 Å². The molecule has 0 spiro atoms. The van der Waals surface area contributed by atoms with Gasteiger partial charge >= 0.3 is 0 Å². The Bertz CT molecular complexity index is 766. The van der Waals surface area contributed by atoms with E-state index in [-0.39, 0.29) is 11.4 Å². The van der Waals surface area contributed by atoms with Crippen molar-refractivity contribution >= 4 is 16.0 Å². The van der Waals surface area contributed by atoms with Gasteiger partial charge in [-0.25, -0.2) is 13.1 Å². The molecule has 25 heavy (non-hydrogen) atoms. The Morgan fingerprint density at radius 1 is 1.08 bits per heavy atom. The highest BCUT2D eigenvalue weighted by molar-refractivity contribution is 7.89. The summed E-state index contributed by atoms with van der Waals surface area (Å²) in [6, 6.07) is 8.87. The third-order valence-electron chi connectivity index (χ3n) is 3.28. The molecular formula is C16H22N6O2S.